The zero-order chi connectivity index (χ0) is 23.9. The standard InChI is InChI=1S/C25H26N4O3S/c1-16-12-20(14-26)13-17(2)24(16)33(31,32)28-10-11-29(18(3)15-28)25(30)22-7-5-6-21-8-9-27-19(4)23(21)22/h5-9,12-13,18H,10-11,15H2,1-4H3. The van der Waals surface area contributed by atoms with Crippen LogP contribution >= 0.6 is 0 Å². The maximum atomic E-state index is 13.5. The Morgan fingerprint density at radius 2 is 1.82 bits per heavy atom. The molecule has 0 N–H and O–H groups in total. The fourth-order valence-electron chi connectivity index (χ4n) is 4.73. The smallest absolute Gasteiger partial charge is 0.254 e. The molecule has 2 aromatic carbocycles. The molecule has 8 heteroatoms. The van der Waals surface area contributed by atoms with Crippen LogP contribution in [0.25, 0.3) is 10.8 Å². The summed E-state index contributed by atoms with van der Waals surface area (Å²) in [7, 11) is -3.76. The number of carbonyl (C=O) groups excluding carboxylic acids is 1. The van der Waals surface area contributed by atoms with Gasteiger partial charge in [0.1, 0.15) is 0 Å². The highest BCUT2D eigenvalue weighted by Crippen LogP contribution is 2.29. The van der Waals surface area contributed by atoms with E-state index in [1.54, 1.807) is 43.1 Å². The van der Waals surface area contributed by atoms with E-state index in [1.807, 2.05) is 32.0 Å². The lowest BCUT2D eigenvalue weighted by Gasteiger charge is -2.39. The quantitative estimate of drug-likeness (QED) is 0.593. The van der Waals surface area contributed by atoms with E-state index in [4.69, 9.17) is 0 Å². The number of hydrogen-bond acceptors (Lipinski definition) is 5. The number of hydrogen-bond donors (Lipinski definition) is 0. The average Bonchev–Trinajstić information content (AvgIpc) is 2.77. The van der Waals surface area contributed by atoms with Gasteiger partial charge in [0.2, 0.25) is 10.0 Å². The van der Waals surface area contributed by atoms with Crippen molar-refractivity contribution in [3.05, 3.63) is 70.5 Å². The molecule has 0 aliphatic carbocycles. The summed E-state index contributed by atoms with van der Waals surface area (Å²) < 4.78 is 28.4. The Balaban J connectivity index is 1.62. The minimum Gasteiger partial charge on any atom is -0.333 e. The second-order valence-corrected chi connectivity index (χ2v) is 10.4. The van der Waals surface area contributed by atoms with Crippen LogP contribution in [0.1, 0.15) is 39.7 Å². The number of fused-ring (bicyclic) bond motifs is 1. The van der Waals surface area contributed by atoms with Crippen LogP contribution in [0.15, 0.2) is 47.5 Å². The van der Waals surface area contributed by atoms with Crippen molar-refractivity contribution in [3.63, 3.8) is 0 Å². The molecular weight excluding hydrogens is 436 g/mol. The summed E-state index contributed by atoms with van der Waals surface area (Å²) in [6, 6.07) is 12.5. The number of piperazine rings is 1. The molecule has 1 fully saturated rings. The molecule has 1 amide bonds. The molecule has 33 heavy (non-hydrogen) atoms. The lowest BCUT2D eigenvalue weighted by atomic mass is 10.0. The number of nitrogens with zero attached hydrogens (tertiary/aromatic N) is 4. The number of rotatable bonds is 3. The van der Waals surface area contributed by atoms with Crippen molar-refractivity contribution in [1.82, 2.24) is 14.2 Å². The molecular formula is C25H26N4O3S. The maximum absolute atomic E-state index is 13.5. The number of benzene rings is 2. The number of aromatic nitrogens is 1. The van der Waals surface area contributed by atoms with E-state index in [-0.39, 0.29) is 29.9 Å². The molecule has 0 radical (unpaired) electrons. The average molecular weight is 463 g/mol. The third kappa shape index (κ3) is 3.99. The van der Waals surface area contributed by atoms with E-state index in [2.05, 4.69) is 11.1 Å². The highest BCUT2D eigenvalue weighted by Gasteiger charge is 2.36. The molecule has 1 aliphatic heterocycles. The van der Waals surface area contributed by atoms with Crippen LogP contribution in [0.5, 0.6) is 0 Å². The van der Waals surface area contributed by atoms with E-state index in [9.17, 15) is 18.5 Å². The van der Waals surface area contributed by atoms with Crippen LogP contribution in [0.3, 0.4) is 0 Å². The van der Waals surface area contributed by atoms with Gasteiger partial charge in [-0.3, -0.25) is 9.78 Å². The number of nitriles is 1. The van der Waals surface area contributed by atoms with Crippen LogP contribution in [0, 0.1) is 32.1 Å². The molecule has 1 aliphatic rings. The maximum Gasteiger partial charge on any atom is 0.254 e. The third-order valence-electron chi connectivity index (χ3n) is 6.25. The lowest BCUT2D eigenvalue weighted by molar-refractivity contribution is 0.0593. The topological polar surface area (TPSA) is 94.4 Å². The Bertz CT molecular complexity index is 1380. The van der Waals surface area contributed by atoms with Gasteiger partial charge in [-0.1, -0.05) is 12.1 Å². The van der Waals surface area contributed by atoms with Crippen molar-refractivity contribution in [2.24, 2.45) is 0 Å². The van der Waals surface area contributed by atoms with Crippen molar-refractivity contribution in [1.29, 1.82) is 5.26 Å². The third-order valence-corrected chi connectivity index (χ3v) is 8.42. The predicted molar refractivity (Wildman–Crippen MR) is 126 cm³/mol. The Kier molecular flexibility index (Phi) is 5.95. The van der Waals surface area contributed by atoms with E-state index < -0.39 is 10.0 Å². The summed E-state index contributed by atoms with van der Waals surface area (Å²) in [5.74, 6) is -0.119. The summed E-state index contributed by atoms with van der Waals surface area (Å²) in [5.41, 5.74) is 2.91. The molecule has 170 valence electrons. The molecule has 2 heterocycles. The molecule has 0 bridgehead atoms. The zero-order valence-electron chi connectivity index (χ0n) is 19.2. The normalized spacial score (nSPS) is 17.2. The largest absolute Gasteiger partial charge is 0.333 e. The first-order chi connectivity index (χ1) is 15.6. The fraction of sp³-hybridized carbons (Fsp3) is 0.320. The van der Waals surface area contributed by atoms with Crippen molar-refractivity contribution in [2.45, 2.75) is 38.6 Å². The minimum absolute atomic E-state index is 0.119. The van der Waals surface area contributed by atoms with E-state index >= 15 is 0 Å². The van der Waals surface area contributed by atoms with Crippen LogP contribution in [-0.2, 0) is 10.0 Å². The molecule has 0 spiro atoms. The van der Waals surface area contributed by atoms with Gasteiger partial charge in [0.25, 0.3) is 5.91 Å². The highest BCUT2D eigenvalue weighted by molar-refractivity contribution is 7.89. The van der Waals surface area contributed by atoms with Gasteiger partial charge in [-0.2, -0.15) is 9.57 Å². The summed E-state index contributed by atoms with van der Waals surface area (Å²) in [4.78, 5) is 19.8. The first-order valence-electron chi connectivity index (χ1n) is 10.8. The van der Waals surface area contributed by atoms with Gasteiger partial charge in [-0.05, 0) is 68.5 Å². The Labute approximate surface area is 194 Å². The van der Waals surface area contributed by atoms with E-state index in [0.717, 1.165) is 16.5 Å². The molecule has 1 saturated heterocycles. The van der Waals surface area contributed by atoms with E-state index in [0.29, 0.717) is 28.8 Å². The second kappa shape index (κ2) is 8.58. The number of carbonyl (C=O) groups is 1. The summed E-state index contributed by atoms with van der Waals surface area (Å²) in [6.07, 6.45) is 1.73. The van der Waals surface area contributed by atoms with Crippen molar-refractivity contribution in [3.8, 4) is 6.07 Å². The highest BCUT2D eigenvalue weighted by atomic mass is 32.2. The van der Waals surface area contributed by atoms with Crippen molar-refractivity contribution >= 4 is 26.7 Å². The molecule has 1 aromatic heterocycles. The van der Waals surface area contributed by atoms with Gasteiger partial charge < -0.3 is 4.90 Å². The molecule has 3 aromatic rings. The summed E-state index contributed by atoms with van der Waals surface area (Å²) in [5, 5.41) is 11.0. The van der Waals surface area contributed by atoms with Gasteiger partial charge in [0.05, 0.1) is 16.5 Å². The minimum atomic E-state index is -3.76. The van der Waals surface area contributed by atoms with E-state index in [1.165, 1.54) is 4.31 Å². The van der Waals surface area contributed by atoms with Crippen LogP contribution in [0.2, 0.25) is 0 Å². The Hall–Kier alpha value is -3.28. The Morgan fingerprint density at radius 3 is 2.45 bits per heavy atom. The molecule has 1 atom stereocenters. The van der Waals surface area contributed by atoms with Gasteiger partial charge in [0, 0.05) is 48.5 Å². The van der Waals surface area contributed by atoms with Crippen molar-refractivity contribution in [2.75, 3.05) is 19.6 Å². The molecule has 4 rings (SSSR count). The number of amides is 1. The summed E-state index contributed by atoms with van der Waals surface area (Å²) in [6.45, 7) is 7.88. The monoisotopic (exact) mass is 462 g/mol. The first-order valence-corrected chi connectivity index (χ1v) is 12.3. The second-order valence-electron chi connectivity index (χ2n) is 8.56. The number of pyridine rings is 1. The molecule has 1 unspecified atom stereocenters. The van der Waals surface area contributed by atoms with Gasteiger partial charge in [-0.25, -0.2) is 8.42 Å². The molecule has 0 saturated carbocycles. The molecule has 7 nitrogen and oxygen atoms in total. The number of sulfonamides is 1. The van der Waals surface area contributed by atoms with Crippen LogP contribution < -0.4 is 0 Å². The van der Waals surface area contributed by atoms with Crippen LogP contribution in [-0.4, -0.2) is 54.2 Å². The fourth-order valence-corrected chi connectivity index (χ4v) is 6.66. The summed E-state index contributed by atoms with van der Waals surface area (Å²) >= 11 is 0. The van der Waals surface area contributed by atoms with Gasteiger partial charge in [-0.15, -0.1) is 0 Å². The Morgan fingerprint density at radius 1 is 1.12 bits per heavy atom. The van der Waals surface area contributed by atoms with Crippen LogP contribution in [0.4, 0.5) is 0 Å². The predicted octanol–water partition coefficient (Wildman–Crippen LogP) is 3.57. The van der Waals surface area contributed by atoms with Crippen molar-refractivity contribution < 1.29 is 13.2 Å². The lowest BCUT2D eigenvalue weighted by Crippen LogP contribution is -2.55. The first kappa shape index (κ1) is 22.9. The van der Waals surface area contributed by atoms with Gasteiger partial charge in [0.15, 0.2) is 0 Å². The van der Waals surface area contributed by atoms with Gasteiger partial charge >= 0.3 is 0 Å². The SMILES string of the molecule is Cc1cc(C#N)cc(C)c1S(=O)(=O)N1CCN(C(=O)c2cccc3ccnc(C)c23)C(C)C1. The zero-order valence-corrected chi connectivity index (χ0v) is 20.0. The number of aryl methyl sites for hydroxylation is 3.